The molecule has 3 aromatic carbocycles. The number of hydrogen-bond acceptors (Lipinski definition) is 7. The van der Waals surface area contributed by atoms with E-state index in [9.17, 15) is 9.59 Å². The van der Waals surface area contributed by atoms with Gasteiger partial charge in [-0.1, -0.05) is 23.8 Å². The predicted molar refractivity (Wildman–Crippen MR) is 140 cm³/mol. The van der Waals surface area contributed by atoms with Crippen molar-refractivity contribution in [2.45, 2.75) is 33.4 Å². The molecule has 2 aliphatic rings. The number of fused-ring (bicyclic) bond motifs is 3. The minimum Gasteiger partial charge on any atom is -0.490 e. The summed E-state index contributed by atoms with van der Waals surface area (Å²) >= 11 is 0. The third-order valence-corrected chi connectivity index (χ3v) is 6.79. The highest BCUT2D eigenvalue weighted by atomic mass is 16.7. The van der Waals surface area contributed by atoms with Crippen molar-refractivity contribution < 1.29 is 28.2 Å². The minimum absolute atomic E-state index is 0.0592. The molecule has 0 N–H and O–H groups in total. The van der Waals surface area contributed by atoms with Crippen LogP contribution in [0.5, 0.6) is 23.0 Å². The van der Waals surface area contributed by atoms with Crippen LogP contribution in [-0.2, 0) is 6.54 Å². The van der Waals surface area contributed by atoms with E-state index in [-0.39, 0.29) is 30.4 Å². The van der Waals surface area contributed by atoms with Crippen molar-refractivity contribution in [1.29, 1.82) is 0 Å². The second-order valence-corrected chi connectivity index (χ2v) is 9.27. The molecule has 194 valence electrons. The highest BCUT2D eigenvalue weighted by molar-refractivity contribution is 5.99. The molecule has 2 aliphatic heterocycles. The van der Waals surface area contributed by atoms with Crippen LogP contribution >= 0.6 is 0 Å². The number of hydrogen-bond donors (Lipinski definition) is 0. The maximum Gasteiger partial charge on any atom is 0.291 e. The van der Waals surface area contributed by atoms with Crippen LogP contribution in [-0.4, -0.2) is 30.8 Å². The summed E-state index contributed by atoms with van der Waals surface area (Å²) in [7, 11) is 0. The van der Waals surface area contributed by atoms with Crippen molar-refractivity contribution in [3.8, 4) is 23.0 Å². The molecule has 1 atom stereocenters. The molecule has 4 aromatic rings. The Balaban J connectivity index is 1.52. The van der Waals surface area contributed by atoms with Gasteiger partial charge in [0.05, 0.1) is 30.2 Å². The molecule has 1 amide bonds. The van der Waals surface area contributed by atoms with Gasteiger partial charge in [0.15, 0.2) is 28.4 Å². The van der Waals surface area contributed by atoms with Crippen LogP contribution in [0.2, 0.25) is 0 Å². The summed E-state index contributed by atoms with van der Waals surface area (Å²) in [5.41, 5.74) is 2.98. The Morgan fingerprint density at radius 2 is 1.68 bits per heavy atom. The van der Waals surface area contributed by atoms with Gasteiger partial charge in [0.25, 0.3) is 5.91 Å². The van der Waals surface area contributed by atoms with Gasteiger partial charge in [-0.05, 0) is 68.3 Å². The quantitative estimate of drug-likeness (QED) is 0.328. The first-order valence-corrected chi connectivity index (χ1v) is 12.6. The predicted octanol–water partition coefficient (Wildman–Crippen LogP) is 5.37. The molecule has 38 heavy (non-hydrogen) atoms. The fraction of sp³-hybridized carbons (Fsp3) is 0.267. The molecule has 6 rings (SSSR count). The van der Waals surface area contributed by atoms with E-state index in [1.165, 1.54) is 0 Å². The monoisotopic (exact) mass is 513 g/mol. The molecule has 0 spiro atoms. The first-order chi connectivity index (χ1) is 18.5. The molecule has 0 aliphatic carbocycles. The van der Waals surface area contributed by atoms with Crippen LogP contribution < -0.4 is 24.4 Å². The third-order valence-electron chi connectivity index (χ3n) is 6.79. The van der Waals surface area contributed by atoms with Gasteiger partial charge >= 0.3 is 0 Å². The normalized spacial score (nSPS) is 15.7. The van der Waals surface area contributed by atoms with Crippen molar-refractivity contribution in [3.05, 3.63) is 92.8 Å². The Kier molecular flexibility index (Phi) is 5.94. The summed E-state index contributed by atoms with van der Waals surface area (Å²) in [6.07, 6.45) is 0. The highest BCUT2D eigenvalue weighted by Crippen LogP contribution is 2.42. The summed E-state index contributed by atoms with van der Waals surface area (Å²) in [5.74, 6) is 2.15. The number of ether oxygens (including phenoxy) is 4. The number of nitrogens with zero attached hydrogens (tertiary/aromatic N) is 1. The Morgan fingerprint density at radius 3 is 2.50 bits per heavy atom. The molecular formula is C30H27NO7. The zero-order valence-electron chi connectivity index (χ0n) is 21.4. The van der Waals surface area contributed by atoms with Gasteiger partial charge in [-0.15, -0.1) is 0 Å². The van der Waals surface area contributed by atoms with Crippen LogP contribution in [0.4, 0.5) is 0 Å². The van der Waals surface area contributed by atoms with Crippen molar-refractivity contribution in [2.75, 3.05) is 20.0 Å². The second kappa shape index (κ2) is 9.45. The van der Waals surface area contributed by atoms with Gasteiger partial charge in [0.2, 0.25) is 12.6 Å². The van der Waals surface area contributed by atoms with E-state index in [4.69, 9.17) is 23.4 Å². The van der Waals surface area contributed by atoms with Crippen LogP contribution in [0.25, 0.3) is 11.0 Å². The summed E-state index contributed by atoms with van der Waals surface area (Å²) in [5, 5.41) is 0.447. The number of carbonyl (C=O) groups is 1. The van der Waals surface area contributed by atoms with E-state index < -0.39 is 6.04 Å². The second-order valence-electron chi connectivity index (χ2n) is 9.27. The van der Waals surface area contributed by atoms with Crippen LogP contribution in [0.3, 0.4) is 0 Å². The first kappa shape index (κ1) is 23.9. The standard InChI is InChI=1S/C30H27NO7/c1-4-34-22-11-8-19(14-25(22)35-5-2)27-26-28(32)20-12-17(3)6-9-21(20)38-29(26)30(33)31(27)15-18-7-10-23-24(13-18)37-16-36-23/h6-14,27H,4-5,15-16H2,1-3H3/t27-/m1/s1. The molecule has 1 aromatic heterocycles. The van der Waals surface area contributed by atoms with Gasteiger partial charge in [0.1, 0.15) is 5.58 Å². The molecule has 0 fully saturated rings. The lowest BCUT2D eigenvalue weighted by atomic mass is 9.97. The number of carbonyl (C=O) groups excluding carboxylic acids is 1. The fourth-order valence-corrected chi connectivity index (χ4v) is 5.12. The lowest BCUT2D eigenvalue weighted by Gasteiger charge is -2.26. The number of rotatable bonds is 7. The van der Waals surface area contributed by atoms with Crippen molar-refractivity contribution in [3.63, 3.8) is 0 Å². The number of amides is 1. The summed E-state index contributed by atoms with van der Waals surface area (Å²) in [6.45, 7) is 7.03. The topological polar surface area (TPSA) is 87.4 Å². The smallest absolute Gasteiger partial charge is 0.291 e. The maximum atomic E-state index is 13.9. The zero-order chi connectivity index (χ0) is 26.4. The highest BCUT2D eigenvalue weighted by Gasteiger charge is 2.43. The molecule has 0 bridgehead atoms. The molecular weight excluding hydrogens is 486 g/mol. The average molecular weight is 514 g/mol. The minimum atomic E-state index is -0.682. The van der Waals surface area contributed by atoms with E-state index in [2.05, 4.69) is 0 Å². The van der Waals surface area contributed by atoms with E-state index in [0.717, 1.165) is 16.7 Å². The van der Waals surface area contributed by atoms with E-state index >= 15 is 0 Å². The average Bonchev–Trinajstić information content (AvgIpc) is 3.49. The van der Waals surface area contributed by atoms with Gasteiger partial charge in [-0.3, -0.25) is 9.59 Å². The first-order valence-electron chi connectivity index (χ1n) is 12.6. The summed E-state index contributed by atoms with van der Waals surface area (Å²) in [6, 6.07) is 15.8. The largest absolute Gasteiger partial charge is 0.490 e. The molecule has 0 unspecified atom stereocenters. The third kappa shape index (κ3) is 3.93. The maximum absolute atomic E-state index is 13.9. The van der Waals surface area contributed by atoms with E-state index in [1.54, 1.807) is 17.0 Å². The van der Waals surface area contributed by atoms with Gasteiger partial charge in [-0.25, -0.2) is 0 Å². The molecule has 8 heteroatoms. The Bertz CT molecular complexity index is 1620. The Labute approximate surface area is 219 Å². The number of aryl methyl sites for hydroxylation is 1. The van der Waals surface area contributed by atoms with E-state index in [1.807, 2.05) is 63.2 Å². The summed E-state index contributed by atoms with van der Waals surface area (Å²) in [4.78, 5) is 29.4. The molecule has 0 radical (unpaired) electrons. The molecule has 0 saturated carbocycles. The van der Waals surface area contributed by atoms with Crippen LogP contribution in [0, 0.1) is 6.92 Å². The SMILES string of the molecule is CCOc1ccc([C@@H]2c3c(oc4ccc(C)cc4c3=O)C(=O)N2Cc2ccc3c(c2)OCO3)cc1OCC. The summed E-state index contributed by atoms with van der Waals surface area (Å²) < 4.78 is 28.7. The van der Waals surface area contributed by atoms with Gasteiger partial charge < -0.3 is 28.3 Å². The van der Waals surface area contributed by atoms with Crippen LogP contribution in [0.1, 0.15) is 52.7 Å². The number of benzene rings is 3. The molecule has 0 saturated heterocycles. The van der Waals surface area contributed by atoms with E-state index in [0.29, 0.717) is 52.7 Å². The lowest BCUT2D eigenvalue weighted by Crippen LogP contribution is -2.29. The fourth-order valence-electron chi connectivity index (χ4n) is 5.12. The Hall–Kier alpha value is -4.46. The van der Waals surface area contributed by atoms with Gasteiger partial charge in [-0.2, -0.15) is 0 Å². The molecule has 3 heterocycles. The lowest BCUT2D eigenvalue weighted by molar-refractivity contribution is 0.0714. The van der Waals surface area contributed by atoms with Crippen LogP contribution in [0.15, 0.2) is 63.8 Å². The van der Waals surface area contributed by atoms with Crippen molar-refractivity contribution in [2.24, 2.45) is 0 Å². The van der Waals surface area contributed by atoms with Gasteiger partial charge in [0, 0.05) is 6.54 Å². The molecule has 8 nitrogen and oxygen atoms in total. The van der Waals surface area contributed by atoms with Crippen molar-refractivity contribution in [1.82, 2.24) is 4.90 Å². The zero-order valence-corrected chi connectivity index (χ0v) is 21.4. The van der Waals surface area contributed by atoms with Crippen molar-refractivity contribution >= 4 is 16.9 Å². The Morgan fingerprint density at radius 1 is 0.895 bits per heavy atom.